The minimum Gasteiger partial charge on any atom is -0.453 e. The highest BCUT2D eigenvalue weighted by atomic mass is 16.5. The Morgan fingerprint density at radius 3 is 1.25 bits per heavy atom. The van der Waals surface area contributed by atoms with Crippen molar-refractivity contribution in [1.82, 2.24) is 0 Å². The van der Waals surface area contributed by atoms with Crippen LogP contribution in [-0.2, 0) is 0 Å². The van der Waals surface area contributed by atoms with Gasteiger partial charge in [0.25, 0.3) is 0 Å². The Labute approximate surface area is 183 Å². The van der Waals surface area contributed by atoms with Gasteiger partial charge in [-0.15, -0.1) is 0 Å². The van der Waals surface area contributed by atoms with E-state index in [0.717, 1.165) is 10.8 Å². The lowest BCUT2D eigenvalue weighted by molar-refractivity contribution is 0.419. The molecule has 32 heavy (non-hydrogen) atoms. The molecule has 0 saturated heterocycles. The Bertz CT molecular complexity index is 1410. The molecule has 0 atom stereocenters. The number of nitrogens with zero attached hydrogens (tertiary/aromatic N) is 4. The number of benzene rings is 4. The molecular formula is C26H12N4O2. The van der Waals surface area contributed by atoms with E-state index in [9.17, 15) is 10.5 Å². The molecule has 0 fully saturated rings. The number of fused-ring (bicyclic) bond motifs is 1. The van der Waals surface area contributed by atoms with E-state index in [0.29, 0.717) is 23.0 Å². The lowest BCUT2D eigenvalue weighted by Crippen LogP contribution is -1.94. The van der Waals surface area contributed by atoms with Crippen molar-refractivity contribution in [2.45, 2.75) is 0 Å². The van der Waals surface area contributed by atoms with E-state index in [2.05, 4.69) is 0 Å². The summed E-state index contributed by atoms with van der Waals surface area (Å²) in [5, 5.41) is 38.7. The summed E-state index contributed by atoms with van der Waals surface area (Å²) >= 11 is 0. The maximum atomic E-state index is 9.29. The Morgan fingerprint density at radius 1 is 0.469 bits per heavy atom. The molecule has 0 N–H and O–H groups in total. The van der Waals surface area contributed by atoms with Crippen LogP contribution in [0.4, 0.5) is 0 Å². The molecule has 0 aromatic heterocycles. The molecule has 0 aliphatic rings. The van der Waals surface area contributed by atoms with Crippen molar-refractivity contribution < 1.29 is 9.47 Å². The minimum absolute atomic E-state index is 0.207. The zero-order chi connectivity index (χ0) is 22.5. The molecule has 4 aromatic rings. The second-order valence-corrected chi connectivity index (χ2v) is 6.71. The highest BCUT2D eigenvalue weighted by molar-refractivity contribution is 5.86. The van der Waals surface area contributed by atoms with Crippen LogP contribution in [0.1, 0.15) is 22.3 Å². The van der Waals surface area contributed by atoms with E-state index in [1.54, 1.807) is 12.1 Å². The van der Waals surface area contributed by atoms with Crippen molar-refractivity contribution in [3.8, 4) is 47.3 Å². The number of nitriles is 4. The van der Waals surface area contributed by atoms with Crippen LogP contribution in [0, 0.1) is 45.3 Å². The van der Waals surface area contributed by atoms with Gasteiger partial charge in [0.15, 0.2) is 11.5 Å². The van der Waals surface area contributed by atoms with Crippen LogP contribution in [0.2, 0.25) is 0 Å². The molecule has 0 aliphatic heterocycles. The smallest absolute Gasteiger partial charge is 0.170 e. The van der Waals surface area contributed by atoms with Gasteiger partial charge in [0.05, 0.1) is 22.3 Å². The van der Waals surface area contributed by atoms with Gasteiger partial charge in [0, 0.05) is 0 Å². The van der Waals surface area contributed by atoms with Crippen LogP contribution in [0.15, 0.2) is 72.8 Å². The van der Waals surface area contributed by atoms with Crippen LogP contribution in [0.3, 0.4) is 0 Å². The SMILES string of the molecule is N#Cc1ccc(Oc2cc3ccccc3cc2Oc2ccc(C#N)c(C#N)c2)cc1C#N. The molecule has 0 bridgehead atoms. The summed E-state index contributed by atoms with van der Waals surface area (Å²) in [4.78, 5) is 0. The minimum atomic E-state index is 0.207. The number of ether oxygens (including phenoxy) is 2. The predicted molar refractivity (Wildman–Crippen MR) is 116 cm³/mol. The van der Waals surface area contributed by atoms with Gasteiger partial charge in [-0.05, 0) is 59.3 Å². The van der Waals surface area contributed by atoms with Crippen LogP contribution >= 0.6 is 0 Å². The molecule has 6 heteroatoms. The fraction of sp³-hybridized carbons (Fsp3) is 0. The van der Waals surface area contributed by atoms with E-state index < -0.39 is 0 Å². The van der Waals surface area contributed by atoms with Crippen LogP contribution < -0.4 is 9.47 Å². The molecule has 0 spiro atoms. The quantitative estimate of drug-likeness (QED) is 0.411. The van der Waals surface area contributed by atoms with Crippen LogP contribution in [0.5, 0.6) is 23.0 Å². The van der Waals surface area contributed by atoms with Crippen molar-refractivity contribution in [2.24, 2.45) is 0 Å². The molecule has 0 saturated carbocycles. The van der Waals surface area contributed by atoms with Gasteiger partial charge in [0.2, 0.25) is 0 Å². The summed E-state index contributed by atoms with van der Waals surface area (Å²) in [6.45, 7) is 0. The standard InChI is InChI=1S/C26H12N4O2/c27-13-19-5-7-23(9-21(19)15-29)31-25-11-17-3-1-2-4-18(17)12-26(25)32-24-8-6-20(14-28)22(10-24)16-30/h1-12H. The fourth-order valence-corrected chi connectivity index (χ4v) is 3.17. The normalized spacial score (nSPS) is 9.75. The first-order chi connectivity index (χ1) is 15.6. The summed E-state index contributed by atoms with van der Waals surface area (Å²) in [6, 6.07) is 28.5. The Balaban J connectivity index is 1.78. The second-order valence-electron chi connectivity index (χ2n) is 6.71. The topological polar surface area (TPSA) is 114 Å². The maximum absolute atomic E-state index is 9.29. The number of hydrogen-bond acceptors (Lipinski definition) is 6. The number of rotatable bonds is 4. The van der Waals surface area contributed by atoms with E-state index in [-0.39, 0.29) is 22.3 Å². The van der Waals surface area contributed by atoms with Crippen molar-refractivity contribution >= 4 is 10.8 Å². The average molecular weight is 412 g/mol. The third kappa shape index (κ3) is 3.89. The van der Waals surface area contributed by atoms with Crippen molar-refractivity contribution in [3.63, 3.8) is 0 Å². The summed E-state index contributed by atoms with van der Waals surface area (Å²) in [6.07, 6.45) is 0. The zero-order valence-corrected chi connectivity index (χ0v) is 16.5. The molecule has 6 nitrogen and oxygen atoms in total. The molecule has 0 heterocycles. The highest BCUT2D eigenvalue weighted by Crippen LogP contribution is 2.39. The summed E-state index contributed by atoms with van der Waals surface area (Å²) in [5.41, 5.74) is 0.936. The van der Waals surface area contributed by atoms with Crippen LogP contribution in [-0.4, -0.2) is 0 Å². The lowest BCUT2D eigenvalue weighted by atomic mass is 10.1. The highest BCUT2D eigenvalue weighted by Gasteiger charge is 2.13. The predicted octanol–water partition coefficient (Wildman–Crippen LogP) is 5.91. The first kappa shape index (κ1) is 20.0. The maximum Gasteiger partial charge on any atom is 0.170 e. The molecule has 4 aromatic carbocycles. The van der Waals surface area contributed by atoms with Gasteiger partial charge in [-0.1, -0.05) is 24.3 Å². The van der Waals surface area contributed by atoms with Gasteiger partial charge < -0.3 is 9.47 Å². The molecule has 0 aliphatic carbocycles. The van der Waals surface area contributed by atoms with Crippen molar-refractivity contribution in [2.75, 3.05) is 0 Å². The third-order valence-corrected chi connectivity index (χ3v) is 4.73. The Hall–Kier alpha value is -5.30. The summed E-state index contributed by atoms with van der Waals surface area (Å²) in [5.74, 6) is 1.52. The van der Waals surface area contributed by atoms with E-state index in [1.165, 1.54) is 24.3 Å². The first-order valence-electron chi connectivity index (χ1n) is 9.42. The van der Waals surface area contributed by atoms with E-state index in [1.807, 2.05) is 60.7 Å². The molecule has 0 radical (unpaired) electrons. The van der Waals surface area contributed by atoms with Gasteiger partial charge in [-0.25, -0.2) is 0 Å². The Morgan fingerprint density at radius 2 is 0.875 bits per heavy atom. The van der Waals surface area contributed by atoms with Gasteiger partial charge >= 0.3 is 0 Å². The molecule has 4 rings (SSSR count). The van der Waals surface area contributed by atoms with Gasteiger partial charge in [-0.3, -0.25) is 0 Å². The van der Waals surface area contributed by atoms with E-state index >= 15 is 0 Å². The largest absolute Gasteiger partial charge is 0.453 e. The lowest BCUT2D eigenvalue weighted by Gasteiger charge is -2.14. The molecule has 148 valence electrons. The Kier molecular flexibility index (Phi) is 5.37. The zero-order valence-electron chi connectivity index (χ0n) is 16.5. The summed E-state index contributed by atoms with van der Waals surface area (Å²) < 4.78 is 12.1. The number of hydrogen-bond donors (Lipinski definition) is 0. The molecule has 0 amide bonds. The first-order valence-corrected chi connectivity index (χ1v) is 9.42. The van der Waals surface area contributed by atoms with Crippen molar-refractivity contribution in [1.29, 1.82) is 21.0 Å². The fourth-order valence-electron chi connectivity index (χ4n) is 3.17. The van der Waals surface area contributed by atoms with E-state index in [4.69, 9.17) is 20.0 Å². The van der Waals surface area contributed by atoms with Gasteiger partial charge in [0.1, 0.15) is 35.8 Å². The third-order valence-electron chi connectivity index (χ3n) is 4.73. The second kappa shape index (κ2) is 8.60. The summed E-state index contributed by atoms with van der Waals surface area (Å²) in [7, 11) is 0. The van der Waals surface area contributed by atoms with Crippen LogP contribution in [0.25, 0.3) is 10.8 Å². The molecular weight excluding hydrogens is 400 g/mol. The molecule has 0 unspecified atom stereocenters. The van der Waals surface area contributed by atoms with Gasteiger partial charge in [-0.2, -0.15) is 21.0 Å². The average Bonchev–Trinajstić information content (AvgIpc) is 2.84. The van der Waals surface area contributed by atoms with Crippen molar-refractivity contribution in [3.05, 3.63) is 95.1 Å². The monoisotopic (exact) mass is 412 g/mol.